The quantitative estimate of drug-likeness (QED) is 0.895. The molecule has 0 radical (unpaired) electrons. The van der Waals surface area contributed by atoms with Crippen molar-refractivity contribution < 1.29 is 4.74 Å². The zero-order chi connectivity index (χ0) is 15.5. The maximum absolute atomic E-state index is 6.05. The first kappa shape index (κ1) is 15.7. The predicted molar refractivity (Wildman–Crippen MR) is 87.2 cm³/mol. The summed E-state index contributed by atoms with van der Waals surface area (Å²) in [5.41, 5.74) is 2.00. The minimum absolute atomic E-state index is 0.00914. The molecule has 0 aliphatic rings. The van der Waals surface area contributed by atoms with Crippen molar-refractivity contribution in [1.29, 1.82) is 0 Å². The molecule has 1 heterocycles. The lowest BCUT2D eigenvalue weighted by Crippen LogP contribution is -2.21. The van der Waals surface area contributed by atoms with Gasteiger partial charge in [0.05, 0.1) is 24.0 Å². The molecule has 1 aromatic carbocycles. The normalized spacial score (nSPS) is 11.5. The second-order valence-corrected chi connectivity index (χ2v) is 6.33. The molecule has 114 valence electrons. The van der Waals surface area contributed by atoms with Gasteiger partial charge in [-0.05, 0) is 45.9 Å². The fourth-order valence-electron chi connectivity index (χ4n) is 1.94. The summed E-state index contributed by atoms with van der Waals surface area (Å²) in [4.78, 5) is 0. The number of nitrogens with one attached hydrogen (secondary N) is 1. The molecule has 21 heavy (non-hydrogen) atoms. The molecule has 0 unspecified atom stereocenters. The average molecular weight is 308 g/mol. The van der Waals surface area contributed by atoms with Gasteiger partial charge >= 0.3 is 0 Å². The highest BCUT2D eigenvalue weighted by atomic mass is 35.5. The van der Waals surface area contributed by atoms with Crippen LogP contribution in [-0.2, 0) is 12.1 Å². The number of ether oxygens (including phenoxy) is 1. The van der Waals surface area contributed by atoms with Gasteiger partial charge in [-0.2, -0.15) is 5.10 Å². The van der Waals surface area contributed by atoms with E-state index in [1.54, 1.807) is 0 Å². The smallest absolute Gasteiger partial charge is 0.142 e. The van der Waals surface area contributed by atoms with Crippen molar-refractivity contribution in [2.75, 3.05) is 11.9 Å². The standard InChI is InChI=1S/C16H22ClN3O/c1-5-21-15-7-6-13(17)8-14(15)18-9-12-10-19-20(11-12)16(2,3)4/h6-8,10-11,18H,5,9H2,1-4H3. The number of hydrogen-bond donors (Lipinski definition) is 1. The molecule has 4 nitrogen and oxygen atoms in total. The molecule has 0 bridgehead atoms. The molecular weight excluding hydrogens is 286 g/mol. The monoisotopic (exact) mass is 307 g/mol. The summed E-state index contributed by atoms with van der Waals surface area (Å²) < 4.78 is 7.56. The van der Waals surface area contributed by atoms with Crippen LogP contribution in [0.25, 0.3) is 0 Å². The first-order valence-corrected chi connectivity index (χ1v) is 7.48. The van der Waals surface area contributed by atoms with E-state index in [2.05, 4.69) is 37.4 Å². The third-order valence-electron chi connectivity index (χ3n) is 3.05. The summed E-state index contributed by atoms with van der Waals surface area (Å²) in [5.74, 6) is 0.810. The maximum Gasteiger partial charge on any atom is 0.142 e. The molecule has 1 N–H and O–H groups in total. The van der Waals surface area contributed by atoms with Gasteiger partial charge in [0.15, 0.2) is 0 Å². The number of aromatic nitrogens is 2. The summed E-state index contributed by atoms with van der Waals surface area (Å²) in [5, 5.41) is 8.44. The number of rotatable bonds is 5. The first-order valence-electron chi connectivity index (χ1n) is 7.10. The molecule has 0 saturated carbocycles. The third-order valence-corrected chi connectivity index (χ3v) is 3.28. The van der Waals surface area contributed by atoms with Crippen LogP contribution in [0.5, 0.6) is 5.75 Å². The van der Waals surface area contributed by atoms with E-state index in [9.17, 15) is 0 Å². The Morgan fingerprint density at radius 3 is 2.71 bits per heavy atom. The molecule has 0 amide bonds. The Morgan fingerprint density at radius 2 is 2.10 bits per heavy atom. The minimum atomic E-state index is -0.00914. The van der Waals surface area contributed by atoms with Crippen LogP contribution >= 0.6 is 11.6 Å². The number of anilines is 1. The topological polar surface area (TPSA) is 39.1 Å². The maximum atomic E-state index is 6.05. The molecule has 0 saturated heterocycles. The van der Waals surface area contributed by atoms with Crippen molar-refractivity contribution in [2.24, 2.45) is 0 Å². The summed E-state index contributed by atoms with van der Waals surface area (Å²) >= 11 is 6.05. The summed E-state index contributed by atoms with van der Waals surface area (Å²) in [6, 6.07) is 5.59. The van der Waals surface area contributed by atoms with Crippen LogP contribution in [0.4, 0.5) is 5.69 Å². The van der Waals surface area contributed by atoms with Gasteiger partial charge in [-0.25, -0.2) is 0 Å². The van der Waals surface area contributed by atoms with Crippen molar-refractivity contribution in [3.8, 4) is 5.75 Å². The van der Waals surface area contributed by atoms with E-state index < -0.39 is 0 Å². The third kappa shape index (κ3) is 4.14. The van der Waals surface area contributed by atoms with Gasteiger partial charge in [0.2, 0.25) is 0 Å². The molecular formula is C16H22ClN3O. The summed E-state index contributed by atoms with van der Waals surface area (Å²) in [7, 11) is 0. The highest BCUT2D eigenvalue weighted by molar-refractivity contribution is 6.30. The van der Waals surface area contributed by atoms with Gasteiger partial charge < -0.3 is 10.1 Å². The summed E-state index contributed by atoms with van der Waals surface area (Å²) in [6.07, 6.45) is 3.93. The van der Waals surface area contributed by atoms with Crippen LogP contribution in [0.1, 0.15) is 33.3 Å². The largest absolute Gasteiger partial charge is 0.492 e. The number of halogens is 1. The lowest BCUT2D eigenvalue weighted by Gasteiger charge is -2.18. The van der Waals surface area contributed by atoms with Crippen LogP contribution in [0.2, 0.25) is 5.02 Å². The van der Waals surface area contributed by atoms with Crippen LogP contribution < -0.4 is 10.1 Å². The molecule has 0 atom stereocenters. The fourth-order valence-corrected chi connectivity index (χ4v) is 2.11. The van der Waals surface area contributed by atoms with Crippen molar-refractivity contribution in [3.63, 3.8) is 0 Å². The second kappa shape index (κ2) is 6.39. The molecule has 2 aromatic rings. The molecule has 0 aliphatic carbocycles. The van der Waals surface area contributed by atoms with Gasteiger partial charge in [-0.1, -0.05) is 11.6 Å². The van der Waals surface area contributed by atoms with E-state index in [0.29, 0.717) is 18.2 Å². The van der Waals surface area contributed by atoms with Gasteiger partial charge in [0.25, 0.3) is 0 Å². The van der Waals surface area contributed by atoms with Crippen molar-refractivity contribution >= 4 is 17.3 Å². The van der Waals surface area contributed by atoms with E-state index in [1.807, 2.05) is 36.0 Å². The van der Waals surface area contributed by atoms with Crippen molar-refractivity contribution in [1.82, 2.24) is 9.78 Å². The number of hydrogen-bond acceptors (Lipinski definition) is 3. The Kier molecular flexibility index (Phi) is 4.78. The Labute approximate surface area is 131 Å². The Morgan fingerprint density at radius 1 is 1.33 bits per heavy atom. The zero-order valence-electron chi connectivity index (χ0n) is 13.0. The molecule has 2 rings (SSSR count). The lowest BCUT2D eigenvalue weighted by molar-refractivity contribution is 0.341. The Bertz CT molecular complexity index is 602. The fraction of sp³-hybridized carbons (Fsp3) is 0.438. The lowest BCUT2D eigenvalue weighted by atomic mass is 10.1. The van der Waals surface area contributed by atoms with Crippen LogP contribution in [0.3, 0.4) is 0 Å². The molecule has 0 aliphatic heterocycles. The molecule has 1 aromatic heterocycles. The van der Waals surface area contributed by atoms with Gasteiger partial charge in [0.1, 0.15) is 5.75 Å². The van der Waals surface area contributed by atoms with Crippen LogP contribution in [0, 0.1) is 0 Å². The van der Waals surface area contributed by atoms with Gasteiger partial charge in [-0.3, -0.25) is 4.68 Å². The number of benzene rings is 1. The minimum Gasteiger partial charge on any atom is -0.492 e. The SMILES string of the molecule is CCOc1ccc(Cl)cc1NCc1cnn(C(C)(C)C)c1. The van der Waals surface area contributed by atoms with Gasteiger partial charge in [-0.15, -0.1) is 0 Å². The van der Waals surface area contributed by atoms with E-state index >= 15 is 0 Å². The van der Waals surface area contributed by atoms with Crippen molar-refractivity contribution in [2.45, 2.75) is 39.8 Å². The zero-order valence-corrected chi connectivity index (χ0v) is 13.7. The average Bonchev–Trinajstić information content (AvgIpc) is 2.88. The highest BCUT2D eigenvalue weighted by Gasteiger charge is 2.14. The first-order chi connectivity index (χ1) is 9.90. The molecule has 0 fully saturated rings. The van der Waals surface area contributed by atoms with Crippen LogP contribution in [0.15, 0.2) is 30.6 Å². The molecule has 5 heteroatoms. The predicted octanol–water partition coefficient (Wildman–Crippen LogP) is 4.30. The van der Waals surface area contributed by atoms with Gasteiger partial charge in [0, 0.05) is 23.3 Å². The van der Waals surface area contributed by atoms with E-state index in [1.165, 1.54) is 0 Å². The van der Waals surface area contributed by atoms with Crippen molar-refractivity contribution in [3.05, 3.63) is 41.2 Å². The second-order valence-electron chi connectivity index (χ2n) is 5.89. The summed E-state index contributed by atoms with van der Waals surface area (Å²) in [6.45, 7) is 9.64. The number of nitrogens with zero attached hydrogens (tertiary/aromatic N) is 2. The Balaban J connectivity index is 2.09. The molecule has 0 spiro atoms. The van der Waals surface area contributed by atoms with E-state index in [4.69, 9.17) is 16.3 Å². The van der Waals surface area contributed by atoms with Crippen LogP contribution in [-0.4, -0.2) is 16.4 Å². The highest BCUT2D eigenvalue weighted by Crippen LogP contribution is 2.28. The Hall–Kier alpha value is -1.68. The van der Waals surface area contributed by atoms with E-state index in [0.717, 1.165) is 17.0 Å². The van der Waals surface area contributed by atoms with E-state index in [-0.39, 0.29) is 5.54 Å².